The Morgan fingerprint density at radius 1 is 1.07 bits per heavy atom. The highest BCUT2D eigenvalue weighted by Crippen LogP contribution is 2.43. The van der Waals surface area contributed by atoms with Crippen LogP contribution in [-0.4, -0.2) is 36.3 Å². The topological polar surface area (TPSA) is 40.6 Å². The third-order valence-corrected chi connectivity index (χ3v) is 6.65. The summed E-state index contributed by atoms with van der Waals surface area (Å²) in [6, 6.07) is 8.52. The lowest BCUT2D eigenvalue weighted by atomic mass is 9.77. The van der Waals surface area contributed by atoms with E-state index >= 15 is 0 Å². The molecule has 28 heavy (non-hydrogen) atoms. The summed E-state index contributed by atoms with van der Waals surface area (Å²) in [4.78, 5) is 29.7. The molecule has 1 spiro atoms. The molecule has 0 aromatic heterocycles. The lowest BCUT2D eigenvalue weighted by Gasteiger charge is -2.38. The Labute approximate surface area is 170 Å². The number of carbonyl (C=O) groups is 2. The van der Waals surface area contributed by atoms with E-state index in [4.69, 9.17) is 0 Å². The van der Waals surface area contributed by atoms with Crippen LogP contribution in [0.25, 0.3) is 0 Å². The first-order chi connectivity index (χ1) is 13.1. The van der Waals surface area contributed by atoms with Crippen molar-refractivity contribution in [2.24, 2.45) is 10.8 Å². The summed E-state index contributed by atoms with van der Waals surface area (Å²) in [5, 5.41) is 0. The number of anilines is 1. The lowest BCUT2D eigenvalue weighted by Crippen LogP contribution is -2.47. The summed E-state index contributed by atoms with van der Waals surface area (Å²) in [5.41, 5.74) is 2.08. The van der Waals surface area contributed by atoms with Crippen LogP contribution < -0.4 is 4.90 Å². The largest absolute Gasteiger partial charge is 0.343 e. The molecular formula is C24H36N2O2. The summed E-state index contributed by atoms with van der Waals surface area (Å²) in [7, 11) is 0. The molecule has 1 atom stereocenters. The molecule has 154 valence electrons. The fourth-order valence-electron chi connectivity index (χ4n) is 4.50. The third kappa shape index (κ3) is 4.26. The van der Waals surface area contributed by atoms with Crippen molar-refractivity contribution < 1.29 is 9.59 Å². The fraction of sp³-hybridized carbons (Fsp3) is 0.667. The molecule has 2 saturated heterocycles. The Morgan fingerprint density at radius 2 is 1.64 bits per heavy atom. The minimum Gasteiger partial charge on any atom is -0.343 e. The van der Waals surface area contributed by atoms with Crippen molar-refractivity contribution in [1.29, 1.82) is 0 Å². The van der Waals surface area contributed by atoms with E-state index in [1.54, 1.807) is 0 Å². The Hall–Kier alpha value is -1.84. The van der Waals surface area contributed by atoms with E-state index in [2.05, 4.69) is 58.9 Å². The van der Waals surface area contributed by atoms with Gasteiger partial charge >= 0.3 is 0 Å². The molecule has 0 aliphatic carbocycles. The van der Waals surface area contributed by atoms with Gasteiger partial charge < -0.3 is 9.80 Å². The van der Waals surface area contributed by atoms with E-state index in [0.717, 1.165) is 37.9 Å². The second-order valence-corrected chi connectivity index (χ2v) is 10.0. The Morgan fingerprint density at radius 3 is 2.18 bits per heavy atom. The maximum absolute atomic E-state index is 13.3. The highest BCUT2D eigenvalue weighted by Gasteiger charge is 2.49. The van der Waals surface area contributed by atoms with Crippen LogP contribution in [0, 0.1) is 10.8 Å². The van der Waals surface area contributed by atoms with Crippen LogP contribution in [0.3, 0.4) is 0 Å². The molecule has 2 aliphatic rings. The van der Waals surface area contributed by atoms with Crippen LogP contribution in [0.1, 0.15) is 78.2 Å². The van der Waals surface area contributed by atoms with Crippen LogP contribution in [-0.2, 0) is 9.59 Å². The molecule has 0 N–H and O–H groups in total. The number of hydrogen-bond donors (Lipinski definition) is 0. The van der Waals surface area contributed by atoms with E-state index in [-0.39, 0.29) is 22.6 Å². The van der Waals surface area contributed by atoms with Gasteiger partial charge in [0.05, 0.1) is 5.41 Å². The van der Waals surface area contributed by atoms with Crippen molar-refractivity contribution in [3.63, 3.8) is 0 Å². The van der Waals surface area contributed by atoms with Crippen molar-refractivity contribution in [1.82, 2.24) is 4.90 Å². The zero-order valence-corrected chi connectivity index (χ0v) is 18.3. The van der Waals surface area contributed by atoms with Gasteiger partial charge in [0.15, 0.2) is 0 Å². The Kier molecular flexibility index (Phi) is 5.88. The van der Waals surface area contributed by atoms with Gasteiger partial charge in [-0.25, -0.2) is 0 Å². The number of likely N-dealkylation sites (tertiary alicyclic amines) is 1. The number of carbonyl (C=O) groups excluding carboxylic acids is 2. The van der Waals surface area contributed by atoms with Gasteiger partial charge in [-0.3, -0.25) is 9.59 Å². The minimum atomic E-state index is -0.270. The number of benzene rings is 1. The standard InChI is InChI=1S/C24H36N2O2/c1-6-18(2)19-7-9-20(10-8-19)26-16-13-24(22(26)28)11-14-25(15-12-24)21(27)17-23(3,4)5/h7-10,18H,6,11-17H2,1-5H3. The van der Waals surface area contributed by atoms with Crippen LogP contribution >= 0.6 is 0 Å². The fourth-order valence-corrected chi connectivity index (χ4v) is 4.50. The molecule has 1 aromatic rings. The molecule has 4 nitrogen and oxygen atoms in total. The van der Waals surface area contributed by atoms with Crippen LogP contribution in [0.15, 0.2) is 24.3 Å². The Balaban J connectivity index is 1.64. The van der Waals surface area contributed by atoms with Gasteiger partial charge in [-0.05, 0) is 54.7 Å². The molecule has 1 unspecified atom stereocenters. The SMILES string of the molecule is CCC(C)c1ccc(N2CCC3(CCN(C(=O)CC(C)(C)C)CC3)C2=O)cc1. The van der Waals surface area contributed by atoms with E-state index in [1.165, 1.54) is 5.56 Å². The first-order valence-electron chi connectivity index (χ1n) is 10.8. The molecule has 1 aromatic carbocycles. The zero-order valence-electron chi connectivity index (χ0n) is 18.3. The predicted octanol–water partition coefficient (Wildman–Crippen LogP) is 4.98. The van der Waals surface area contributed by atoms with Gasteiger partial charge in [0, 0.05) is 31.7 Å². The van der Waals surface area contributed by atoms with Crippen molar-refractivity contribution in [2.75, 3.05) is 24.5 Å². The maximum Gasteiger partial charge on any atom is 0.233 e. The first-order valence-corrected chi connectivity index (χ1v) is 10.8. The highest BCUT2D eigenvalue weighted by atomic mass is 16.2. The molecule has 0 bridgehead atoms. The van der Waals surface area contributed by atoms with E-state index < -0.39 is 0 Å². The number of rotatable bonds is 4. The summed E-state index contributed by atoms with van der Waals surface area (Å²) in [6.45, 7) is 12.9. The normalized spacial score (nSPS) is 20.7. The van der Waals surface area contributed by atoms with Gasteiger partial charge in [0.25, 0.3) is 0 Å². The number of amides is 2. The zero-order chi connectivity index (χ0) is 20.5. The second-order valence-electron chi connectivity index (χ2n) is 10.0. The molecule has 2 fully saturated rings. The molecule has 3 rings (SSSR count). The van der Waals surface area contributed by atoms with Crippen molar-refractivity contribution >= 4 is 17.5 Å². The van der Waals surface area contributed by atoms with E-state index in [0.29, 0.717) is 25.4 Å². The third-order valence-electron chi connectivity index (χ3n) is 6.65. The number of nitrogens with zero attached hydrogens (tertiary/aromatic N) is 2. The van der Waals surface area contributed by atoms with E-state index in [9.17, 15) is 9.59 Å². The van der Waals surface area contributed by atoms with Crippen LogP contribution in [0.4, 0.5) is 5.69 Å². The van der Waals surface area contributed by atoms with Gasteiger partial charge in [-0.2, -0.15) is 0 Å². The average molecular weight is 385 g/mol. The van der Waals surface area contributed by atoms with Crippen LogP contribution in [0.2, 0.25) is 0 Å². The summed E-state index contributed by atoms with van der Waals surface area (Å²) in [5.74, 6) is 1.03. The maximum atomic E-state index is 13.3. The molecule has 2 amide bonds. The van der Waals surface area contributed by atoms with Gasteiger partial charge in [0.2, 0.25) is 11.8 Å². The number of piperidine rings is 1. The number of hydrogen-bond acceptors (Lipinski definition) is 2. The smallest absolute Gasteiger partial charge is 0.233 e. The lowest BCUT2D eigenvalue weighted by molar-refractivity contribution is -0.139. The monoisotopic (exact) mass is 384 g/mol. The predicted molar refractivity (Wildman–Crippen MR) is 114 cm³/mol. The highest BCUT2D eigenvalue weighted by molar-refractivity contribution is 6.00. The molecule has 0 saturated carbocycles. The van der Waals surface area contributed by atoms with Crippen molar-refractivity contribution in [3.05, 3.63) is 29.8 Å². The van der Waals surface area contributed by atoms with Gasteiger partial charge in [0.1, 0.15) is 0 Å². The first kappa shape index (κ1) is 20.9. The summed E-state index contributed by atoms with van der Waals surface area (Å²) >= 11 is 0. The van der Waals surface area contributed by atoms with Gasteiger partial charge in [-0.15, -0.1) is 0 Å². The van der Waals surface area contributed by atoms with Crippen molar-refractivity contribution in [3.8, 4) is 0 Å². The summed E-state index contributed by atoms with van der Waals surface area (Å²) in [6.07, 6.45) is 4.19. The molecule has 2 heterocycles. The summed E-state index contributed by atoms with van der Waals surface area (Å²) < 4.78 is 0. The minimum absolute atomic E-state index is 0.00757. The quantitative estimate of drug-likeness (QED) is 0.734. The van der Waals surface area contributed by atoms with Gasteiger partial charge in [-0.1, -0.05) is 46.8 Å². The molecule has 2 aliphatic heterocycles. The molecular weight excluding hydrogens is 348 g/mol. The average Bonchev–Trinajstić information content (AvgIpc) is 2.96. The van der Waals surface area contributed by atoms with Crippen LogP contribution in [0.5, 0.6) is 0 Å². The molecule has 0 radical (unpaired) electrons. The Bertz CT molecular complexity index is 709. The second kappa shape index (κ2) is 7.88. The van der Waals surface area contributed by atoms with E-state index in [1.807, 2.05) is 9.80 Å². The molecule has 4 heteroatoms. The van der Waals surface area contributed by atoms with Crippen molar-refractivity contribution in [2.45, 2.75) is 72.6 Å².